The van der Waals surface area contributed by atoms with Gasteiger partial charge in [0.25, 0.3) is 0 Å². The van der Waals surface area contributed by atoms with Crippen LogP contribution in [-0.4, -0.2) is 54.3 Å². The standard InChI is InChI=1S/C25H50NO8P/c1-3-5-7-9-11-13-15-17-24(28)26-19-20-33-35(30,31)34-22-23(27)21-32-25(29)18-16-14-12-10-8-6-4-2/h23,27H,3-22H2,1-2H3,(H,26,28)(H,30,31). The zero-order valence-corrected chi connectivity index (χ0v) is 22.9. The van der Waals surface area contributed by atoms with Gasteiger partial charge in [0.2, 0.25) is 5.91 Å². The predicted molar refractivity (Wildman–Crippen MR) is 137 cm³/mol. The van der Waals surface area contributed by atoms with Crippen LogP contribution in [0.25, 0.3) is 0 Å². The fourth-order valence-electron chi connectivity index (χ4n) is 3.44. The lowest BCUT2D eigenvalue weighted by Gasteiger charge is -2.15. The molecular weight excluding hydrogens is 473 g/mol. The largest absolute Gasteiger partial charge is 0.472 e. The molecule has 2 unspecified atom stereocenters. The molecule has 0 aliphatic rings. The molecule has 0 spiro atoms. The number of ether oxygens (including phenoxy) is 1. The molecule has 0 fully saturated rings. The van der Waals surface area contributed by atoms with Crippen molar-refractivity contribution >= 4 is 19.7 Å². The third-order valence-corrected chi connectivity index (χ3v) is 6.52. The normalized spacial score (nSPS) is 13.8. The van der Waals surface area contributed by atoms with Crippen molar-refractivity contribution < 1.29 is 37.9 Å². The summed E-state index contributed by atoms with van der Waals surface area (Å²) in [5, 5.41) is 12.5. The Labute approximate surface area is 212 Å². The fraction of sp³-hybridized carbons (Fsp3) is 0.920. The summed E-state index contributed by atoms with van der Waals surface area (Å²) in [7, 11) is -4.38. The summed E-state index contributed by atoms with van der Waals surface area (Å²) in [5.74, 6) is -0.530. The zero-order chi connectivity index (χ0) is 26.2. The van der Waals surface area contributed by atoms with Crippen molar-refractivity contribution in [3.05, 3.63) is 0 Å². The van der Waals surface area contributed by atoms with Gasteiger partial charge < -0.3 is 20.1 Å². The van der Waals surface area contributed by atoms with Crippen LogP contribution in [0.2, 0.25) is 0 Å². The molecule has 10 heteroatoms. The van der Waals surface area contributed by atoms with Crippen LogP contribution in [0, 0.1) is 0 Å². The SMILES string of the molecule is CCCCCCCCCC(=O)NCCOP(=O)(O)OCC(O)COC(=O)CCCCCCCCC. The Morgan fingerprint density at radius 2 is 1.29 bits per heavy atom. The molecule has 9 nitrogen and oxygen atoms in total. The van der Waals surface area contributed by atoms with Crippen molar-refractivity contribution in [2.45, 2.75) is 123 Å². The topological polar surface area (TPSA) is 131 Å². The molecule has 0 aliphatic carbocycles. The zero-order valence-electron chi connectivity index (χ0n) is 22.0. The van der Waals surface area contributed by atoms with Gasteiger partial charge in [0, 0.05) is 19.4 Å². The quantitative estimate of drug-likeness (QED) is 0.0821. The van der Waals surface area contributed by atoms with Gasteiger partial charge in [-0.3, -0.25) is 18.6 Å². The van der Waals surface area contributed by atoms with Crippen molar-refractivity contribution in [3.63, 3.8) is 0 Å². The second-order valence-electron chi connectivity index (χ2n) is 9.03. The molecule has 0 saturated heterocycles. The van der Waals surface area contributed by atoms with Gasteiger partial charge in [0.1, 0.15) is 12.7 Å². The first-order valence-corrected chi connectivity index (χ1v) is 15.0. The Bertz CT molecular complexity index is 576. The van der Waals surface area contributed by atoms with Crippen LogP contribution in [0.4, 0.5) is 0 Å². The van der Waals surface area contributed by atoms with E-state index in [2.05, 4.69) is 19.2 Å². The van der Waals surface area contributed by atoms with Crippen LogP contribution in [-0.2, 0) is 27.9 Å². The van der Waals surface area contributed by atoms with Gasteiger partial charge in [0.15, 0.2) is 0 Å². The molecule has 0 bridgehead atoms. The van der Waals surface area contributed by atoms with Crippen molar-refractivity contribution in [2.75, 3.05) is 26.4 Å². The number of nitrogens with one attached hydrogen (secondary N) is 1. The van der Waals surface area contributed by atoms with Crippen molar-refractivity contribution in [1.82, 2.24) is 5.32 Å². The smallest absolute Gasteiger partial charge is 0.463 e. The Morgan fingerprint density at radius 1 is 0.771 bits per heavy atom. The summed E-state index contributed by atoms with van der Waals surface area (Å²) >= 11 is 0. The highest BCUT2D eigenvalue weighted by molar-refractivity contribution is 7.47. The van der Waals surface area contributed by atoms with E-state index in [1.807, 2.05) is 0 Å². The van der Waals surface area contributed by atoms with E-state index in [9.17, 15) is 24.2 Å². The van der Waals surface area contributed by atoms with E-state index >= 15 is 0 Å². The van der Waals surface area contributed by atoms with Gasteiger partial charge in [-0.05, 0) is 12.8 Å². The number of hydrogen-bond acceptors (Lipinski definition) is 7. The molecule has 208 valence electrons. The molecule has 1 amide bonds. The maximum atomic E-state index is 11.9. The molecule has 2 atom stereocenters. The van der Waals surface area contributed by atoms with Gasteiger partial charge in [-0.15, -0.1) is 0 Å². The summed E-state index contributed by atoms with van der Waals surface area (Å²) in [6.07, 6.45) is 15.0. The van der Waals surface area contributed by atoms with Crippen LogP contribution in [0.15, 0.2) is 0 Å². The number of phosphoric ester groups is 1. The van der Waals surface area contributed by atoms with Gasteiger partial charge >= 0.3 is 13.8 Å². The third kappa shape index (κ3) is 24.5. The van der Waals surface area contributed by atoms with Crippen molar-refractivity contribution in [2.24, 2.45) is 0 Å². The predicted octanol–water partition coefficient (Wildman–Crippen LogP) is 5.42. The van der Waals surface area contributed by atoms with E-state index in [4.69, 9.17) is 13.8 Å². The third-order valence-electron chi connectivity index (χ3n) is 5.54. The number of rotatable bonds is 25. The number of unbranched alkanes of at least 4 members (excludes halogenated alkanes) is 12. The molecule has 3 N–H and O–H groups in total. The van der Waals surface area contributed by atoms with E-state index in [0.29, 0.717) is 6.42 Å². The van der Waals surface area contributed by atoms with Crippen molar-refractivity contribution in [1.29, 1.82) is 0 Å². The minimum atomic E-state index is -4.38. The molecule has 0 aromatic rings. The monoisotopic (exact) mass is 523 g/mol. The lowest BCUT2D eigenvalue weighted by Crippen LogP contribution is -2.27. The summed E-state index contributed by atoms with van der Waals surface area (Å²) in [6, 6.07) is 0. The Hall–Kier alpha value is -0.990. The summed E-state index contributed by atoms with van der Waals surface area (Å²) in [6.45, 7) is 3.41. The molecule has 0 aliphatic heterocycles. The number of hydrogen-bond donors (Lipinski definition) is 3. The van der Waals surface area contributed by atoms with E-state index in [0.717, 1.165) is 38.5 Å². The Balaban J connectivity index is 3.71. The van der Waals surface area contributed by atoms with Gasteiger partial charge in [-0.25, -0.2) is 4.57 Å². The highest BCUT2D eigenvalue weighted by Gasteiger charge is 2.23. The van der Waals surface area contributed by atoms with Crippen LogP contribution < -0.4 is 5.32 Å². The number of aliphatic hydroxyl groups excluding tert-OH is 1. The maximum Gasteiger partial charge on any atom is 0.472 e. The first-order chi connectivity index (χ1) is 16.8. The van der Waals surface area contributed by atoms with Crippen LogP contribution in [0.1, 0.15) is 117 Å². The number of carbonyl (C=O) groups excluding carboxylic acids is 2. The number of carbonyl (C=O) groups is 2. The number of esters is 1. The lowest BCUT2D eigenvalue weighted by atomic mass is 10.1. The first-order valence-electron chi connectivity index (χ1n) is 13.5. The average molecular weight is 524 g/mol. The molecule has 0 aromatic carbocycles. The lowest BCUT2D eigenvalue weighted by molar-refractivity contribution is -0.147. The first kappa shape index (κ1) is 34.0. The number of amides is 1. The molecule has 0 saturated carbocycles. The fourth-order valence-corrected chi connectivity index (χ4v) is 4.19. The molecule has 0 rings (SSSR count). The van der Waals surface area contributed by atoms with E-state index in [-0.39, 0.29) is 32.1 Å². The Morgan fingerprint density at radius 3 is 1.86 bits per heavy atom. The summed E-state index contributed by atoms with van der Waals surface area (Å²) < 4.78 is 26.4. The van der Waals surface area contributed by atoms with Gasteiger partial charge in [-0.2, -0.15) is 0 Å². The highest BCUT2D eigenvalue weighted by atomic mass is 31.2. The molecular formula is C25H50NO8P. The maximum absolute atomic E-state index is 11.9. The van der Waals surface area contributed by atoms with E-state index < -0.39 is 26.5 Å². The second kappa shape index (κ2) is 23.4. The van der Waals surface area contributed by atoms with Gasteiger partial charge in [0.05, 0.1) is 13.2 Å². The summed E-state index contributed by atoms with van der Waals surface area (Å²) in [4.78, 5) is 33.2. The average Bonchev–Trinajstić information content (AvgIpc) is 2.83. The van der Waals surface area contributed by atoms with Crippen LogP contribution >= 0.6 is 7.82 Å². The molecule has 0 heterocycles. The van der Waals surface area contributed by atoms with Crippen molar-refractivity contribution in [3.8, 4) is 0 Å². The van der Waals surface area contributed by atoms with Crippen LogP contribution in [0.5, 0.6) is 0 Å². The summed E-state index contributed by atoms with van der Waals surface area (Å²) in [5.41, 5.74) is 0. The Kier molecular flexibility index (Phi) is 22.7. The number of phosphoric acid groups is 1. The molecule has 0 radical (unpaired) electrons. The number of aliphatic hydroxyl groups is 1. The van der Waals surface area contributed by atoms with E-state index in [1.165, 1.54) is 51.4 Å². The van der Waals surface area contributed by atoms with E-state index in [1.54, 1.807) is 0 Å². The molecule has 35 heavy (non-hydrogen) atoms. The highest BCUT2D eigenvalue weighted by Crippen LogP contribution is 2.42. The minimum absolute atomic E-state index is 0.0853. The minimum Gasteiger partial charge on any atom is -0.463 e. The van der Waals surface area contributed by atoms with Gasteiger partial charge in [-0.1, -0.05) is 90.9 Å². The van der Waals surface area contributed by atoms with Crippen LogP contribution in [0.3, 0.4) is 0 Å². The molecule has 0 aromatic heterocycles. The second-order valence-corrected chi connectivity index (χ2v) is 10.5.